The average molecular weight is 392 g/mol. The maximum absolute atomic E-state index is 12.7. The third-order valence-electron chi connectivity index (χ3n) is 5.42. The van der Waals surface area contributed by atoms with Gasteiger partial charge < -0.3 is 14.4 Å². The number of carbonyl (C=O) groups is 1. The second kappa shape index (κ2) is 7.54. The molecule has 1 atom stereocenters. The van der Waals surface area contributed by atoms with Crippen LogP contribution in [-0.4, -0.2) is 41.3 Å². The molecule has 1 amide bonds. The van der Waals surface area contributed by atoms with Crippen molar-refractivity contribution in [2.24, 2.45) is 0 Å². The Hall–Kier alpha value is -2.82. The highest BCUT2D eigenvalue weighted by atomic mass is 16.6. The lowest BCUT2D eigenvalue weighted by molar-refractivity contribution is 0.0226. The monoisotopic (exact) mass is 392 g/mol. The molecule has 29 heavy (non-hydrogen) atoms. The van der Waals surface area contributed by atoms with Crippen LogP contribution < -0.4 is 4.74 Å². The maximum Gasteiger partial charge on any atom is 0.410 e. The van der Waals surface area contributed by atoms with Crippen LogP contribution in [-0.2, 0) is 11.2 Å². The highest BCUT2D eigenvalue weighted by Gasteiger charge is 2.33. The predicted molar refractivity (Wildman–Crippen MR) is 115 cm³/mol. The Morgan fingerprint density at radius 3 is 2.69 bits per heavy atom. The van der Waals surface area contributed by atoms with Crippen LogP contribution in [0, 0.1) is 0 Å². The van der Waals surface area contributed by atoms with Gasteiger partial charge in [-0.3, -0.25) is 4.98 Å². The number of ether oxygens (including phenoxy) is 2. The van der Waals surface area contributed by atoms with E-state index in [0.717, 1.165) is 52.5 Å². The van der Waals surface area contributed by atoms with Crippen LogP contribution >= 0.6 is 0 Å². The second-order valence-electron chi connectivity index (χ2n) is 8.66. The number of carbonyl (C=O) groups excluding carboxylic acids is 1. The molecular formula is C24H28N2O3. The fraction of sp³-hybridized carbons (Fsp3) is 0.417. The predicted octanol–water partition coefficient (Wildman–Crippen LogP) is 5.34. The summed E-state index contributed by atoms with van der Waals surface area (Å²) in [5.74, 6) is 0.811. The van der Waals surface area contributed by atoms with Crippen molar-refractivity contribution in [2.45, 2.75) is 51.7 Å². The van der Waals surface area contributed by atoms with Gasteiger partial charge in [0.1, 0.15) is 11.4 Å². The number of nitrogens with zero attached hydrogens (tertiary/aromatic N) is 2. The highest BCUT2D eigenvalue weighted by Crippen LogP contribution is 2.32. The summed E-state index contributed by atoms with van der Waals surface area (Å²) in [7, 11) is 1.68. The number of benzene rings is 2. The zero-order valence-corrected chi connectivity index (χ0v) is 17.6. The smallest absolute Gasteiger partial charge is 0.410 e. The van der Waals surface area contributed by atoms with Crippen molar-refractivity contribution in [3.05, 3.63) is 48.2 Å². The van der Waals surface area contributed by atoms with Gasteiger partial charge in [0.15, 0.2) is 0 Å². The Morgan fingerprint density at radius 2 is 1.93 bits per heavy atom. The van der Waals surface area contributed by atoms with E-state index in [1.165, 1.54) is 0 Å². The minimum absolute atomic E-state index is 0.0907. The summed E-state index contributed by atoms with van der Waals surface area (Å²) < 4.78 is 11.1. The second-order valence-corrected chi connectivity index (χ2v) is 8.66. The molecule has 0 bridgehead atoms. The van der Waals surface area contributed by atoms with Crippen LogP contribution in [0.3, 0.4) is 0 Å². The molecule has 0 aliphatic carbocycles. The molecule has 0 radical (unpaired) electrons. The Labute approximate surface area is 171 Å². The van der Waals surface area contributed by atoms with E-state index in [9.17, 15) is 4.79 Å². The molecule has 4 rings (SSSR count). The van der Waals surface area contributed by atoms with E-state index in [-0.39, 0.29) is 12.1 Å². The molecule has 0 unspecified atom stereocenters. The first kappa shape index (κ1) is 19.5. The summed E-state index contributed by atoms with van der Waals surface area (Å²) in [5, 5.41) is 3.37. The number of fused-ring (bicyclic) bond motifs is 3. The van der Waals surface area contributed by atoms with Gasteiger partial charge in [-0.25, -0.2) is 4.79 Å². The number of pyridine rings is 1. The number of aromatic nitrogens is 1. The fourth-order valence-electron chi connectivity index (χ4n) is 4.12. The SMILES string of the molecule is COc1ccc2c(c1)c(C[C@@H]1CCCN1C(=O)OC(C)(C)C)nc1ccccc12. The molecular weight excluding hydrogens is 364 g/mol. The fourth-order valence-corrected chi connectivity index (χ4v) is 4.12. The maximum atomic E-state index is 12.7. The molecule has 1 aliphatic rings. The third-order valence-corrected chi connectivity index (χ3v) is 5.42. The van der Waals surface area contributed by atoms with Gasteiger partial charge in [-0.1, -0.05) is 18.2 Å². The van der Waals surface area contributed by atoms with E-state index in [1.54, 1.807) is 7.11 Å². The Bertz CT molecular complexity index is 1060. The van der Waals surface area contributed by atoms with Gasteiger partial charge in [0, 0.05) is 29.8 Å². The molecule has 0 N–H and O–H groups in total. The molecule has 1 aliphatic heterocycles. The number of hydrogen-bond acceptors (Lipinski definition) is 4. The van der Waals surface area contributed by atoms with Gasteiger partial charge in [0.05, 0.1) is 18.3 Å². The average Bonchev–Trinajstić information content (AvgIpc) is 3.15. The lowest BCUT2D eigenvalue weighted by Crippen LogP contribution is -2.40. The van der Waals surface area contributed by atoms with Crippen LogP contribution in [0.4, 0.5) is 4.79 Å². The number of rotatable bonds is 3. The number of methoxy groups -OCH3 is 1. The molecule has 5 heteroatoms. The summed E-state index contributed by atoms with van der Waals surface area (Å²) in [4.78, 5) is 19.5. The molecule has 2 heterocycles. The standard InChI is InChI=1S/C24H28N2O3/c1-24(2,3)29-23(27)26-13-7-8-16(26)14-22-20-15-17(28-4)11-12-18(20)19-9-5-6-10-21(19)25-22/h5-6,9-12,15-16H,7-8,13-14H2,1-4H3/t16-/m0/s1. The first-order valence-corrected chi connectivity index (χ1v) is 10.2. The van der Waals surface area contributed by atoms with Crippen LogP contribution in [0.25, 0.3) is 21.7 Å². The minimum atomic E-state index is -0.495. The molecule has 3 aromatic rings. The highest BCUT2D eigenvalue weighted by molar-refractivity contribution is 6.07. The van der Waals surface area contributed by atoms with Crippen molar-refractivity contribution in [3.8, 4) is 5.75 Å². The lowest BCUT2D eigenvalue weighted by Gasteiger charge is -2.28. The first-order chi connectivity index (χ1) is 13.9. The molecule has 1 aromatic heterocycles. The van der Waals surface area contributed by atoms with E-state index < -0.39 is 5.60 Å². The van der Waals surface area contributed by atoms with Crippen LogP contribution in [0.15, 0.2) is 42.5 Å². The van der Waals surface area contributed by atoms with Gasteiger partial charge >= 0.3 is 6.09 Å². The van der Waals surface area contributed by atoms with Gasteiger partial charge in [-0.05, 0) is 63.3 Å². The third kappa shape index (κ3) is 4.00. The molecule has 1 fully saturated rings. The summed E-state index contributed by atoms with van der Waals surface area (Å²) in [6.45, 7) is 6.44. The van der Waals surface area contributed by atoms with Gasteiger partial charge in [0.2, 0.25) is 0 Å². The summed E-state index contributed by atoms with van der Waals surface area (Å²) in [6.07, 6.45) is 2.41. The molecule has 0 spiro atoms. The molecule has 2 aromatic carbocycles. The topological polar surface area (TPSA) is 51.7 Å². The van der Waals surface area contributed by atoms with Crippen LogP contribution in [0.5, 0.6) is 5.75 Å². The molecule has 5 nitrogen and oxygen atoms in total. The molecule has 152 valence electrons. The normalized spacial score (nSPS) is 17.1. The molecule has 1 saturated heterocycles. The van der Waals surface area contributed by atoms with Gasteiger partial charge in [-0.15, -0.1) is 0 Å². The van der Waals surface area contributed by atoms with Gasteiger partial charge in [-0.2, -0.15) is 0 Å². The summed E-state index contributed by atoms with van der Waals surface area (Å²) in [6, 6.07) is 14.4. The number of para-hydroxylation sites is 1. The van der Waals surface area contributed by atoms with Crippen molar-refractivity contribution in [3.63, 3.8) is 0 Å². The zero-order chi connectivity index (χ0) is 20.6. The number of likely N-dealkylation sites (tertiary alicyclic amines) is 1. The largest absolute Gasteiger partial charge is 0.497 e. The number of hydrogen-bond donors (Lipinski definition) is 0. The van der Waals surface area contributed by atoms with Crippen LogP contribution in [0.2, 0.25) is 0 Å². The lowest BCUT2D eigenvalue weighted by atomic mass is 9.99. The quantitative estimate of drug-likeness (QED) is 0.565. The van der Waals surface area contributed by atoms with Gasteiger partial charge in [0.25, 0.3) is 0 Å². The zero-order valence-electron chi connectivity index (χ0n) is 17.6. The van der Waals surface area contributed by atoms with E-state index >= 15 is 0 Å². The number of amides is 1. The van der Waals surface area contributed by atoms with E-state index in [1.807, 2.05) is 49.9 Å². The molecule has 0 saturated carbocycles. The van der Waals surface area contributed by atoms with E-state index in [4.69, 9.17) is 14.5 Å². The van der Waals surface area contributed by atoms with Crippen LogP contribution in [0.1, 0.15) is 39.3 Å². The van der Waals surface area contributed by atoms with Crippen molar-refractivity contribution < 1.29 is 14.3 Å². The summed E-state index contributed by atoms with van der Waals surface area (Å²) in [5.41, 5.74) is 1.48. The van der Waals surface area contributed by atoms with Crippen molar-refractivity contribution in [1.82, 2.24) is 9.88 Å². The minimum Gasteiger partial charge on any atom is -0.497 e. The van der Waals surface area contributed by atoms with Crippen molar-refractivity contribution >= 4 is 27.8 Å². The first-order valence-electron chi connectivity index (χ1n) is 10.2. The Morgan fingerprint density at radius 1 is 1.14 bits per heavy atom. The van der Waals surface area contributed by atoms with E-state index in [0.29, 0.717) is 6.42 Å². The Balaban J connectivity index is 1.73. The van der Waals surface area contributed by atoms with Crippen molar-refractivity contribution in [1.29, 1.82) is 0 Å². The van der Waals surface area contributed by atoms with Crippen molar-refractivity contribution in [2.75, 3.05) is 13.7 Å². The summed E-state index contributed by atoms with van der Waals surface area (Å²) >= 11 is 0. The van der Waals surface area contributed by atoms with E-state index in [2.05, 4.69) is 18.2 Å². The Kier molecular flexibility index (Phi) is 5.07.